The number of hydrogen-bond acceptors (Lipinski definition) is 7. The number of fused-ring (bicyclic) bond motifs is 2. The number of rotatable bonds is 5. The van der Waals surface area contributed by atoms with Crippen molar-refractivity contribution >= 4 is 50.4 Å². The first-order valence-electron chi connectivity index (χ1n) is 11.8. The van der Waals surface area contributed by atoms with Crippen molar-refractivity contribution < 1.29 is 19.1 Å². The Hall–Kier alpha value is -3.50. The van der Waals surface area contributed by atoms with Gasteiger partial charge in [-0.2, -0.15) is 0 Å². The molecule has 8 nitrogen and oxygen atoms in total. The molecule has 2 aliphatic heterocycles. The number of nitrogens with zero attached hydrogens (tertiary/aromatic N) is 3. The standard InChI is InChI=1S/C27H24BrN3O5S/c1-5-30-18-12-11-15(28)13-17(18)21(24(30)32)23-25(33)31-22(16-9-7-8-10-19(16)35-4)20(26(34)36-6-2)14(3)29-27(31)37-23/h7-13,22H,5-6H2,1-4H3/b23-21+/t22-/m1/s1. The van der Waals surface area contributed by atoms with Gasteiger partial charge < -0.3 is 14.4 Å². The molecule has 0 spiro atoms. The molecule has 0 bridgehead atoms. The molecule has 190 valence electrons. The van der Waals surface area contributed by atoms with Gasteiger partial charge in [0.2, 0.25) is 0 Å². The maximum Gasteiger partial charge on any atom is 0.338 e. The third-order valence-electron chi connectivity index (χ3n) is 6.45. The number of amides is 1. The number of ether oxygens (including phenoxy) is 2. The number of thiazole rings is 1. The van der Waals surface area contributed by atoms with E-state index in [0.29, 0.717) is 39.5 Å². The molecule has 0 saturated heterocycles. The van der Waals surface area contributed by atoms with Gasteiger partial charge in [0.25, 0.3) is 11.5 Å². The lowest BCUT2D eigenvalue weighted by atomic mass is 9.95. The number of carbonyl (C=O) groups excluding carboxylic acids is 2. The highest BCUT2D eigenvalue weighted by atomic mass is 79.9. The van der Waals surface area contributed by atoms with Crippen LogP contribution in [-0.2, 0) is 14.3 Å². The largest absolute Gasteiger partial charge is 0.496 e. The molecule has 1 aromatic heterocycles. The van der Waals surface area contributed by atoms with Crippen molar-refractivity contribution in [2.24, 2.45) is 4.99 Å². The van der Waals surface area contributed by atoms with E-state index < -0.39 is 17.6 Å². The van der Waals surface area contributed by atoms with Crippen molar-refractivity contribution in [3.63, 3.8) is 0 Å². The van der Waals surface area contributed by atoms with E-state index in [4.69, 9.17) is 9.47 Å². The molecule has 0 N–H and O–H groups in total. The maximum absolute atomic E-state index is 14.1. The van der Waals surface area contributed by atoms with Gasteiger partial charge in [0.15, 0.2) is 4.80 Å². The van der Waals surface area contributed by atoms with Crippen molar-refractivity contribution in [2.45, 2.75) is 26.8 Å². The van der Waals surface area contributed by atoms with Gasteiger partial charge in [0.05, 0.1) is 36.2 Å². The Kier molecular flexibility index (Phi) is 6.63. The molecule has 1 amide bonds. The number of benzene rings is 2. The van der Waals surface area contributed by atoms with Crippen LogP contribution < -0.4 is 24.5 Å². The van der Waals surface area contributed by atoms with E-state index in [0.717, 1.165) is 21.5 Å². The third-order valence-corrected chi connectivity index (χ3v) is 7.99. The second-order valence-electron chi connectivity index (χ2n) is 8.45. The predicted molar refractivity (Wildman–Crippen MR) is 145 cm³/mol. The van der Waals surface area contributed by atoms with E-state index in [-0.39, 0.29) is 22.6 Å². The molecule has 1 atom stereocenters. The maximum atomic E-state index is 14.1. The molecule has 2 aliphatic rings. The van der Waals surface area contributed by atoms with E-state index >= 15 is 0 Å². The van der Waals surface area contributed by atoms with Crippen molar-refractivity contribution in [1.29, 1.82) is 0 Å². The fourth-order valence-corrected chi connectivity index (χ4v) is 6.36. The van der Waals surface area contributed by atoms with E-state index in [1.165, 1.54) is 11.7 Å². The first-order valence-corrected chi connectivity index (χ1v) is 13.4. The summed E-state index contributed by atoms with van der Waals surface area (Å²) in [6.07, 6.45) is 0. The van der Waals surface area contributed by atoms with Crippen molar-refractivity contribution in [1.82, 2.24) is 4.57 Å². The lowest BCUT2D eigenvalue weighted by Gasteiger charge is -2.25. The van der Waals surface area contributed by atoms with Crippen LogP contribution in [-0.4, -0.2) is 36.7 Å². The van der Waals surface area contributed by atoms with Crippen LogP contribution in [0.4, 0.5) is 5.69 Å². The second-order valence-corrected chi connectivity index (χ2v) is 10.3. The minimum Gasteiger partial charge on any atom is -0.496 e. The number of hydrogen-bond donors (Lipinski definition) is 0. The Balaban J connectivity index is 1.86. The zero-order valence-corrected chi connectivity index (χ0v) is 23.1. The summed E-state index contributed by atoms with van der Waals surface area (Å²) in [5.74, 6) is -0.275. The smallest absolute Gasteiger partial charge is 0.338 e. The number of allylic oxidation sites excluding steroid dienone is 1. The zero-order chi connectivity index (χ0) is 26.4. The molecular formula is C27H24BrN3O5S. The van der Waals surface area contributed by atoms with Crippen molar-refractivity contribution in [3.8, 4) is 5.75 Å². The Bertz CT molecular complexity index is 1670. The molecule has 37 heavy (non-hydrogen) atoms. The highest BCUT2D eigenvalue weighted by molar-refractivity contribution is 9.10. The highest BCUT2D eigenvalue weighted by Gasteiger charge is 2.38. The number of methoxy groups -OCH3 is 1. The molecule has 10 heteroatoms. The Morgan fingerprint density at radius 2 is 1.92 bits per heavy atom. The quantitative estimate of drug-likeness (QED) is 0.431. The third kappa shape index (κ3) is 3.95. The topological polar surface area (TPSA) is 90.2 Å². The Morgan fingerprint density at radius 3 is 2.62 bits per heavy atom. The summed E-state index contributed by atoms with van der Waals surface area (Å²) in [4.78, 5) is 47.5. The number of para-hydroxylation sites is 1. The normalized spacial score (nSPS) is 17.9. The van der Waals surface area contributed by atoms with Crippen LogP contribution in [0.5, 0.6) is 5.75 Å². The van der Waals surface area contributed by atoms with E-state index in [1.54, 1.807) is 24.8 Å². The molecule has 3 aromatic rings. The van der Waals surface area contributed by atoms with E-state index in [9.17, 15) is 14.4 Å². The summed E-state index contributed by atoms with van der Waals surface area (Å²) >= 11 is 4.64. The van der Waals surface area contributed by atoms with Gasteiger partial charge in [0, 0.05) is 22.1 Å². The molecule has 5 rings (SSSR count). The fraction of sp³-hybridized carbons (Fsp3) is 0.259. The summed E-state index contributed by atoms with van der Waals surface area (Å²) in [6.45, 7) is 5.98. The monoisotopic (exact) mass is 581 g/mol. The number of esters is 1. The molecule has 0 radical (unpaired) electrons. The first-order chi connectivity index (χ1) is 17.8. The molecule has 0 aliphatic carbocycles. The SMILES string of the molecule is CCOC(=O)C1=C(C)N=c2s/c(=C3/C(=O)N(CC)c4ccc(Br)cc43)c(=O)n2[C@@H]1c1ccccc1OC. The van der Waals surface area contributed by atoms with Gasteiger partial charge in [-0.15, -0.1) is 0 Å². The number of aromatic nitrogens is 1. The van der Waals surface area contributed by atoms with Gasteiger partial charge in [-0.1, -0.05) is 45.5 Å². The number of halogens is 1. The van der Waals surface area contributed by atoms with Crippen LogP contribution in [0.3, 0.4) is 0 Å². The number of anilines is 1. The molecule has 0 fully saturated rings. The number of likely N-dealkylation sites (N-methyl/N-ethyl adjacent to an activating group) is 1. The molecule has 3 heterocycles. The van der Waals surface area contributed by atoms with Gasteiger partial charge in [-0.25, -0.2) is 9.79 Å². The van der Waals surface area contributed by atoms with Gasteiger partial charge in [0.1, 0.15) is 16.3 Å². The molecule has 2 aromatic carbocycles. The van der Waals surface area contributed by atoms with E-state index in [1.807, 2.05) is 43.3 Å². The fourth-order valence-electron chi connectivity index (χ4n) is 4.87. The Morgan fingerprint density at radius 1 is 1.16 bits per heavy atom. The summed E-state index contributed by atoms with van der Waals surface area (Å²) < 4.78 is 13.5. The van der Waals surface area contributed by atoms with Crippen molar-refractivity contribution in [3.05, 3.63) is 89.0 Å². The van der Waals surface area contributed by atoms with Crippen LogP contribution >= 0.6 is 27.3 Å². The molecular weight excluding hydrogens is 558 g/mol. The lowest BCUT2D eigenvalue weighted by molar-refractivity contribution is -0.139. The summed E-state index contributed by atoms with van der Waals surface area (Å²) in [7, 11) is 1.54. The number of carbonyl (C=O) groups is 2. The van der Waals surface area contributed by atoms with Crippen LogP contribution in [0.15, 0.2) is 68.0 Å². The van der Waals surface area contributed by atoms with Crippen LogP contribution in [0.2, 0.25) is 0 Å². The molecule has 0 unspecified atom stereocenters. The van der Waals surface area contributed by atoms with E-state index in [2.05, 4.69) is 20.9 Å². The van der Waals surface area contributed by atoms with Gasteiger partial charge in [-0.3, -0.25) is 14.2 Å². The van der Waals surface area contributed by atoms with Crippen LogP contribution in [0.25, 0.3) is 5.57 Å². The summed E-state index contributed by atoms with van der Waals surface area (Å²) in [5.41, 5.74) is 2.69. The first kappa shape index (κ1) is 25.2. The second kappa shape index (κ2) is 9.75. The minimum absolute atomic E-state index is 0.176. The molecule has 0 saturated carbocycles. The summed E-state index contributed by atoms with van der Waals surface area (Å²) in [5, 5.41) is 0. The lowest BCUT2D eigenvalue weighted by Crippen LogP contribution is -2.41. The zero-order valence-electron chi connectivity index (χ0n) is 20.7. The van der Waals surface area contributed by atoms with Crippen LogP contribution in [0, 0.1) is 0 Å². The average Bonchev–Trinajstić information content (AvgIpc) is 3.34. The highest BCUT2D eigenvalue weighted by Crippen LogP contribution is 2.38. The van der Waals surface area contributed by atoms with Crippen molar-refractivity contribution in [2.75, 3.05) is 25.2 Å². The predicted octanol–water partition coefficient (Wildman–Crippen LogP) is 3.31. The Labute approximate surface area is 225 Å². The minimum atomic E-state index is -0.832. The van der Waals surface area contributed by atoms with Gasteiger partial charge >= 0.3 is 5.97 Å². The van der Waals surface area contributed by atoms with Gasteiger partial charge in [-0.05, 0) is 45.0 Å². The average molecular weight is 582 g/mol. The summed E-state index contributed by atoms with van der Waals surface area (Å²) in [6, 6.07) is 12.0. The van der Waals surface area contributed by atoms with Crippen LogP contribution in [0.1, 0.15) is 37.9 Å².